The lowest BCUT2D eigenvalue weighted by Gasteiger charge is -2.32. The van der Waals surface area contributed by atoms with E-state index in [0.29, 0.717) is 6.42 Å². The Bertz CT molecular complexity index is 790. The van der Waals surface area contributed by atoms with Gasteiger partial charge in [-0.05, 0) is 25.6 Å². The summed E-state index contributed by atoms with van der Waals surface area (Å²) in [6, 6.07) is 8.75. The topological polar surface area (TPSA) is 51.7 Å². The monoisotopic (exact) mass is 413 g/mol. The predicted molar refractivity (Wildman–Crippen MR) is 118 cm³/mol. The second kappa shape index (κ2) is 9.80. The van der Waals surface area contributed by atoms with Crippen LogP contribution in [0, 0.1) is 0 Å². The second-order valence-electron chi connectivity index (χ2n) is 8.08. The molecule has 0 spiro atoms. The standard InChI is InChI=1S/C22H31N5OS/c1-25-11-13-26(14-12-25)16-18-3-5-19(6-4-18)22-24-20(17-29-22)15-21(28)27-9-2-7-23-8-10-27/h3-6,17,23H,2,7-16H2,1H3. The van der Waals surface area contributed by atoms with Gasteiger partial charge in [0.25, 0.3) is 0 Å². The Labute approximate surface area is 177 Å². The SMILES string of the molecule is CN1CCN(Cc2ccc(-c3nc(CC(=O)N4CCCNCC4)cs3)cc2)CC1. The molecule has 1 amide bonds. The molecule has 4 rings (SSSR count). The van der Waals surface area contributed by atoms with Gasteiger partial charge in [0, 0.05) is 63.3 Å². The van der Waals surface area contributed by atoms with Crippen LogP contribution in [-0.4, -0.2) is 85.0 Å². The summed E-state index contributed by atoms with van der Waals surface area (Å²) in [5.41, 5.74) is 3.36. The molecule has 0 bridgehead atoms. The Morgan fingerprint density at radius 3 is 2.66 bits per heavy atom. The van der Waals surface area contributed by atoms with Crippen molar-refractivity contribution in [2.75, 3.05) is 59.4 Å². The molecular formula is C22H31N5OS. The summed E-state index contributed by atoms with van der Waals surface area (Å²) < 4.78 is 0. The number of rotatable bonds is 5. The van der Waals surface area contributed by atoms with Gasteiger partial charge in [-0.1, -0.05) is 24.3 Å². The van der Waals surface area contributed by atoms with Gasteiger partial charge in [0.05, 0.1) is 12.1 Å². The molecule has 29 heavy (non-hydrogen) atoms. The van der Waals surface area contributed by atoms with Gasteiger partial charge >= 0.3 is 0 Å². The fourth-order valence-electron chi connectivity index (χ4n) is 3.90. The minimum Gasteiger partial charge on any atom is -0.341 e. The van der Waals surface area contributed by atoms with Gasteiger partial charge in [-0.25, -0.2) is 4.98 Å². The normalized spacial score (nSPS) is 19.3. The number of thiazole rings is 1. The smallest absolute Gasteiger partial charge is 0.228 e. The van der Waals surface area contributed by atoms with Crippen LogP contribution >= 0.6 is 11.3 Å². The van der Waals surface area contributed by atoms with Crippen molar-refractivity contribution < 1.29 is 4.79 Å². The van der Waals surface area contributed by atoms with Gasteiger partial charge in [0.15, 0.2) is 0 Å². The number of likely N-dealkylation sites (N-methyl/N-ethyl adjacent to an activating group) is 1. The highest BCUT2D eigenvalue weighted by Gasteiger charge is 2.17. The van der Waals surface area contributed by atoms with Crippen LogP contribution in [0.25, 0.3) is 10.6 Å². The van der Waals surface area contributed by atoms with Crippen molar-refractivity contribution in [3.05, 3.63) is 40.9 Å². The Morgan fingerprint density at radius 1 is 1.07 bits per heavy atom. The molecule has 0 saturated carbocycles. The number of nitrogens with zero attached hydrogens (tertiary/aromatic N) is 4. The molecule has 1 N–H and O–H groups in total. The largest absolute Gasteiger partial charge is 0.341 e. The van der Waals surface area contributed by atoms with Crippen molar-refractivity contribution in [3.63, 3.8) is 0 Å². The summed E-state index contributed by atoms with van der Waals surface area (Å²) >= 11 is 1.63. The van der Waals surface area contributed by atoms with Crippen molar-refractivity contribution in [2.24, 2.45) is 0 Å². The molecule has 2 fully saturated rings. The van der Waals surface area contributed by atoms with Gasteiger partial charge in [0.1, 0.15) is 5.01 Å². The maximum Gasteiger partial charge on any atom is 0.228 e. The van der Waals surface area contributed by atoms with E-state index in [1.54, 1.807) is 11.3 Å². The average Bonchev–Trinajstić information content (AvgIpc) is 3.02. The third kappa shape index (κ3) is 5.63. The molecule has 2 aromatic rings. The molecule has 2 saturated heterocycles. The van der Waals surface area contributed by atoms with E-state index in [1.807, 2.05) is 10.3 Å². The summed E-state index contributed by atoms with van der Waals surface area (Å²) in [6.45, 7) is 9.09. The molecule has 1 aromatic carbocycles. The second-order valence-corrected chi connectivity index (χ2v) is 8.94. The van der Waals surface area contributed by atoms with Crippen molar-refractivity contribution in [3.8, 4) is 10.6 Å². The van der Waals surface area contributed by atoms with Crippen LogP contribution in [0.2, 0.25) is 0 Å². The minimum atomic E-state index is 0.188. The van der Waals surface area contributed by atoms with Crippen molar-refractivity contribution in [1.29, 1.82) is 0 Å². The van der Waals surface area contributed by atoms with Gasteiger partial charge < -0.3 is 15.1 Å². The van der Waals surface area contributed by atoms with Crippen molar-refractivity contribution >= 4 is 17.2 Å². The maximum atomic E-state index is 12.6. The summed E-state index contributed by atoms with van der Waals surface area (Å²) in [5, 5.41) is 6.37. The number of amides is 1. The zero-order chi connectivity index (χ0) is 20.1. The Morgan fingerprint density at radius 2 is 1.86 bits per heavy atom. The molecular weight excluding hydrogens is 382 g/mol. The summed E-state index contributed by atoms with van der Waals surface area (Å²) in [4.78, 5) is 24.2. The molecule has 2 aliphatic rings. The highest BCUT2D eigenvalue weighted by Crippen LogP contribution is 2.25. The van der Waals surface area contributed by atoms with E-state index in [2.05, 4.69) is 46.4 Å². The third-order valence-corrected chi connectivity index (χ3v) is 6.72. The molecule has 156 valence electrons. The molecule has 1 aromatic heterocycles. The molecule has 0 radical (unpaired) electrons. The summed E-state index contributed by atoms with van der Waals surface area (Å²) in [5.74, 6) is 0.188. The fraction of sp³-hybridized carbons (Fsp3) is 0.545. The van der Waals surface area contributed by atoms with E-state index in [0.717, 1.165) is 81.6 Å². The fourth-order valence-corrected chi connectivity index (χ4v) is 4.73. The average molecular weight is 414 g/mol. The number of hydrogen-bond acceptors (Lipinski definition) is 6. The number of benzene rings is 1. The highest BCUT2D eigenvalue weighted by atomic mass is 32.1. The third-order valence-electron chi connectivity index (χ3n) is 5.78. The number of nitrogens with one attached hydrogen (secondary N) is 1. The number of hydrogen-bond donors (Lipinski definition) is 1. The molecule has 0 atom stereocenters. The summed E-state index contributed by atoms with van der Waals surface area (Å²) in [7, 11) is 2.19. The van der Waals surface area contributed by atoms with Gasteiger partial charge in [-0.2, -0.15) is 0 Å². The van der Waals surface area contributed by atoms with Crippen LogP contribution in [0.3, 0.4) is 0 Å². The van der Waals surface area contributed by atoms with E-state index in [4.69, 9.17) is 4.98 Å². The lowest BCUT2D eigenvalue weighted by atomic mass is 10.1. The van der Waals surface area contributed by atoms with Gasteiger partial charge in [-0.15, -0.1) is 11.3 Å². The van der Waals surface area contributed by atoms with Crippen LogP contribution in [-0.2, 0) is 17.8 Å². The minimum absolute atomic E-state index is 0.188. The first-order valence-corrected chi connectivity index (χ1v) is 11.5. The molecule has 6 nitrogen and oxygen atoms in total. The molecule has 0 unspecified atom stereocenters. The molecule has 2 aliphatic heterocycles. The quantitative estimate of drug-likeness (QED) is 0.812. The zero-order valence-corrected chi connectivity index (χ0v) is 18.1. The van der Waals surface area contributed by atoms with Crippen LogP contribution in [0.5, 0.6) is 0 Å². The van der Waals surface area contributed by atoms with Gasteiger partial charge in [-0.3, -0.25) is 9.69 Å². The van der Waals surface area contributed by atoms with E-state index in [1.165, 1.54) is 5.56 Å². The van der Waals surface area contributed by atoms with Crippen LogP contribution < -0.4 is 5.32 Å². The predicted octanol–water partition coefficient (Wildman–Crippen LogP) is 1.92. The van der Waals surface area contributed by atoms with Crippen molar-refractivity contribution in [2.45, 2.75) is 19.4 Å². The van der Waals surface area contributed by atoms with E-state index < -0.39 is 0 Å². The Hall–Kier alpha value is -1.80. The van der Waals surface area contributed by atoms with Crippen LogP contribution in [0.1, 0.15) is 17.7 Å². The zero-order valence-electron chi connectivity index (χ0n) is 17.3. The Balaban J connectivity index is 1.33. The van der Waals surface area contributed by atoms with Gasteiger partial charge in [0.2, 0.25) is 5.91 Å². The Kier molecular flexibility index (Phi) is 6.92. The molecule has 7 heteroatoms. The number of aromatic nitrogens is 1. The first kappa shape index (κ1) is 20.5. The number of piperazine rings is 1. The lowest BCUT2D eigenvalue weighted by Crippen LogP contribution is -2.43. The summed E-state index contributed by atoms with van der Waals surface area (Å²) in [6.07, 6.45) is 1.42. The van der Waals surface area contributed by atoms with Crippen molar-refractivity contribution in [1.82, 2.24) is 25.0 Å². The molecule has 0 aliphatic carbocycles. The van der Waals surface area contributed by atoms with E-state index >= 15 is 0 Å². The first-order chi connectivity index (χ1) is 14.2. The van der Waals surface area contributed by atoms with Crippen LogP contribution in [0.15, 0.2) is 29.6 Å². The highest BCUT2D eigenvalue weighted by molar-refractivity contribution is 7.13. The van der Waals surface area contributed by atoms with E-state index in [-0.39, 0.29) is 5.91 Å². The maximum absolute atomic E-state index is 12.6. The molecule has 3 heterocycles. The number of carbonyl (C=O) groups is 1. The van der Waals surface area contributed by atoms with E-state index in [9.17, 15) is 4.79 Å². The van der Waals surface area contributed by atoms with Crippen LogP contribution in [0.4, 0.5) is 0 Å². The lowest BCUT2D eigenvalue weighted by molar-refractivity contribution is -0.130. The first-order valence-electron chi connectivity index (χ1n) is 10.6. The number of carbonyl (C=O) groups excluding carboxylic acids is 1.